The summed E-state index contributed by atoms with van der Waals surface area (Å²) in [7, 11) is 0. The number of amides is 1. The molecule has 0 aliphatic carbocycles. The summed E-state index contributed by atoms with van der Waals surface area (Å²) in [4.78, 5) is 12.0. The second-order valence-electron chi connectivity index (χ2n) is 5.07. The van der Waals surface area contributed by atoms with Gasteiger partial charge in [-0.1, -0.05) is 47.5 Å². The molecule has 2 aromatic rings. The van der Waals surface area contributed by atoms with Crippen molar-refractivity contribution in [3.05, 3.63) is 63.1 Å². The molecule has 2 rings (SSSR count). The van der Waals surface area contributed by atoms with Crippen molar-refractivity contribution in [3.8, 4) is 0 Å². The normalized spacial score (nSPS) is 10.5. The summed E-state index contributed by atoms with van der Waals surface area (Å²) in [6.45, 7) is 4.15. The van der Waals surface area contributed by atoms with Crippen LogP contribution in [0.15, 0.2) is 36.4 Å². The van der Waals surface area contributed by atoms with Crippen LogP contribution in [-0.4, -0.2) is 5.91 Å². The summed E-state index contributed by atoms with van der Waals surface area (Å²) >= 11 is 12.0. The van der Waals surface area contributed by atoms with E-state index in [0.717, 1.165) is 5.56 Å². The minimum Gasteiger partial charge on any atom is -0.325 e. The molecule has 0 atom stereocenters. The van der Waals surface area contributed by atoms with Gasteiger partial charge >= 0.3 is 0 Å². The zero-order valence-electron chi connectivity index (χ0n) is 12.0. The summed E-state index contributed by atoms with van der Waals surface area (Å²) in [5, 5.41) is 3.60. The minimum absolute atomic E-state index is 0.0719. The van der Waals surface area contributed by atoms with Gasteiger partial charge in [0.1, 0.15) is 0 Å². The lowest BCUT2D eigenvalue weighted by molar-refractivity contribution is -0.116. The maximum absolute atomic E-state index is 12.0. The molecule has 0 unspecified atom stereocenters. The monoisotopic (exact) mass is 321 g/mol. The fourth-order valence-electron chi connectivity index (χ4n) is 2.03. The number of halogens is 2. The predicted molar refractivity (Wildman–Crippen MR) is 89.3 cm³/mol. The standard InChI is InChI=1S/C17H17Cl2NO/c1-11-6-7-13(10-12(11)2)8-9-16(21)20-15-5-3-4-14(18)17(15)19/h3-7,10H,8-9H2,1-2H3,(H,20,21). The Morgan fingerprint density at radius 2 is 1.86 bits per heavy atom. The Balaban J connectivity index is 1.96. The van der Waals surface area contributed by atoms with Crippen molar-refractivity contribution in [2.45, 2.75) is 26.7 Å². The second-order valence-corrected chi connectivity index (χ2v) is 5.85. The van der Waals surface area contributed by atoms with E-state index in [4.69, 9.17) is 23.2 Å². The highest BCUT2D eigenvalue weighted by atomic mass is 35.5. The first kappa shape index (κ1) is 15.9. The van der Waals surface area contributed by atoms with E-state index in [1.54, 1.807) is 18.2 Å². The van der Waals surface area contributed by atoms with Crippen LogP contribution in [0, 0.1) is 13.8 Å². The van der Waals surface area contributed by atoms with Crippen molar-refractivity contribution in [2.75, 3.05) is 5.32 Å². The van der Waals surface area contributed by atoms with E-state index in [0.29, 0.717) is 28.6 Å². The molecular weight excluding hydrogens is 305 g/mol. The fourth-order valence-corrected chi connectivity index (χ4v) is 2.38. The van der Waals surface area contributed by atoms with E-state index in [9.17, 15) is 4.79 Å². The van der Waals surface area contributed by atoms with E-state index < -0.39 is 0 Å². The van der Waals surface area contributed by atoms with Crippen LogP contribution in [0.5, 0.6) is 0 Å². The first-order valence-corrected chi connectivity index (χ1v) is 7.53. The smallest absolute Gasteiger partial charge is 0.224 e. The highest BCUT2D eigenvalue weighted by Crippen LogP contribution is 2.29. The Kier molecular flexibility index (Phi) is 5.27. The van der Waals surface area contributed by atoms with Crippen molar-refractivity contribution in [2.24, 2.45) is 0 Å². The Labute approximate surface area is 135 Å². The molecule has 110 valence electrons. The third-order valence-electron chi connectivity index (χ3n) is 3.44. The molecule has 2 nitrogen and oxygen atoms in total. The molecule has 1 amide bonds. The Hall–Kier alpha value is -1.51. The lowest BCUT2D eigenvalue weighted by atomic mass is 10.0. The highest BCUT2D eigenvalue weighted by molar-refractivity contribution is 6.43. The van der Waals surface area contributed by atoms with Gasteiger partial charge in [-0.25, -0.2) is 0 Å². The summed E-state index contributed by atoms with van der Waals surface area (Å²) in [6.07, 6.45) is 1.11. The number of carbonyl (C=O) groups is 1. The number of carbonyl (C=O) groups excluding carboxylic acids is 1. The van der Waals surface area contributed by atoms with Crippen LogP contribution in [0.25, 0.3) is 0 Å². The second kappa shape index (κ2) is 6.97. The number of nitrogens with one attached hydrogen (secondary N) is 1. The molecule has 0 aromatic heterocycles. The minimum atomic E-state index is -0.0719. The van der Waals surface area contributed by atoms with Crippen LogP contribution in [-0.2, 0) is 11.2 Å². The third-order valence-corrected chi connectivity index (χ3v) is 4.26. The first-order chi connectivity index (χ1) is 9.97. The molecule has 0 aliphatic heterocycles. The summed E-state index contributed by atoms with van der Waals surface area (Å²) in [5.41, 5.74) is 4.21. The zero-order valence-corrected chi connectivity index (χ0v) is 13.6. The van der Waals surface area contributed by atoms with Gasteiger partial charge in [-0.05, 0) is 49.1 Å². The zero-order chi connectivity index (χ0) is 15.4. The highest BCUT2D eigenvalue weighted by Gasteiger charge is 2.08. The van der Waals surface area contributed by atoms with Gasteiger partial charge in [-0.15, -0.1) is 0 Å². The van der Waals surface area contributed by atoms with Crippen molar-refractivity contribution in [1.82, 2.24) is 0 Å². The number of rotatable bonds is 4. The predicted octanol–water partition coefficient (Wildman–Crippen LogP) is 5.18. The van der Waals surface area contributed by atoms with Gasteiger partial charge in [0, 0.05) is 6.42 Å². The van der Waals surface area contributed by atoms with Crippen molar-refractivity contribution < 1.29 is 4.79 Å². The first-order valence-electron chi connectivity index (χ1n) is 6.77. The fraction of sp³-hybridized carbons (Fsp3) is 0.235. The third kappa shape index (κ3) is 4.23. The molecule has 0 saturated carbocycles. The molecule has 0 radical (unpaired) electrons. The molecule has 0 aliphatic rings. The Morgan fingerprint density at radius 3 is 2.57 bits per heavy atom. The molecular formula is C17H17Cl2NO. The van der Waals surface area contributed by atoms with Crippen molar-refractivity contribution in [1.29, 1.82) is 0 Å². The maximum atomic E-state index is 12.0. The van der Waals surface area contributed by atoms with Crippen molar-refractivity contribution >= 4 is 34.8 Å². The van der Waals surface area contributed by atoms with Gasteiger partial charge in [0.2, 0.25) is 5.91 Å². The molecule has 0 fully saturated rings. The number of benzene rings is 2. The van der Waals surface area contributed by atoms with Gasteiger partial charge in [-0.2, -0.15) is 0 Å². The van der Waals surface area contributed by atoms with Crippen LogP contribution in [0.4, 0.5) is 5.69 Å². The van der Waals surface area contributed by atoms with E-state index >= 15 is 0 Å². The van der Waals surface area contributed by atoms with Crippen LogP contribution in [0.2, 0.25) is 10.0 Å². The summed E-state index contributed by atoms with van der Waals surface area (Å²) in [6, 6.07) is 11.4. The average molecular weight is 322 g/mol. The quantitative estimate of drug-likeness (QED) is 0.825. The molecule has 0 spiro atoms. The molecule has 0 saturated heterocycles. The lowest BCUT2D eigenvalue weighted by Gasteiger charge is -2.09. The van der Waals surface area contributed by atoms with Crippen molar-refractivity contribution in [3.63, 3.8) is 0 Å². The number of anilines is 1. The number of aryl methyl sites for hydroxylation is 3. The SMILES string of the molecule is Cc1ccc(CCC(=O)Nc2cccc(Cl)c2Cl)cc1C. The topological polar surface area (TPSA) is 29.1 Å². The van der Waals surface area contributed by atoms with Crippen LogP contribution >= 0.6 is 23.2 Å². The molecule has 2 aromatic carbocycles. The van der Waals surface area contributed by atoms with Gasteiger partial charge in [0.05, 0.1) is 15.7 Å². The number of hydrogen-bond acceptors (Lipinski definition) is 1. The average Bonchev–Trinajstić information content (AvgIpc) is 2.45. The summed E-state index contributed by atoms with van der Waals surface area (Å²) in [5.74, 6) is -0.0719. The molecule has 1 N–H and O–H groups in total. The lowest BCUT2D eigenvalue weighted by Crippen LogP contribution is -2.12. The van der Waals surface area contributed by atoms with E-state index in [1.807, 2.05) is 0 Å². The Bertz CT molecular complexity index is 668. The van der Waals surface area contributed by atoms with Crippen LogP contribution in [0.3, 0.4) is 0 Å². The van der Waals surface area contributed by atoms with Gasteiger partial charge in [0.15, 0.2) is 0 Å². The number of hydrogen-bond donors (Lipinski definition) is 1. The molecule has 21 heavy (non-hydrogen) atoms. The van der Waals surface area contributed by atoms with E-state index in [-0.39, 0.29) is 5.91 Å². The van der Waals surface area contributed by atoms with Crippen LogP contribution in [0.1, 0.15) is 23.1 Å². The van der Waals surface area contributed by atoms with E-state index in [2.05, 4.69) is 37.4 Å². The van der Waals surface area contributed by atoms with Gasteiger partial charge in [0.25, 0.3) is 0 Å². The summed E-state index contributed by atoms with van der Waals surface area (Å²) < 4.78 is 0. The molecule has 0 heterocycles. The van der Waals surface area contributed by atoms with E-state index in [1.165, 1.54) is 11.1 Å². The molecule has 4 heteroatoms. The largest absolute Gasteiger partial charge is 0.325 e. The van der Waals surface area contributed by atoms with Gasteiger partial charge in [-0.3, -0.25) is 4.79 Å². The Morgan fingerprint density at radius 1 is 1.10 bits per heavy atom. The maximum Gasteiger partial charge on any atom is 0.224 e. The van der Waals surface area contributed by atoms with Crippen LogP contribution < -0.4 is 5.32 Å². The molecule has 0 bridgehead atoms. The van der Waals surface area contributed by atoms with Gasteiger partial charge < -0.3 is 5.32 Å².